The third kappa shape index (κ3) is 3.68. The molecule has 1 aliphatic carbocycles. The van der Waals surface area contributed by atoms with Gasteiger partial charge in [0.1, 0.15) is 11.6 Å². The van der Waals surface area contributed by atoms with Gasteiger partial charge in [-0.15, -0.1) is 0 Å². The summed E-state index contributed by atoms with van der Waals surface area (Å²) in [6.07, 6.45) is 1.80. The SMILES string of the molecule is COc1ccccc1NC(=O)C1=C(C)N(C2CC2)C(=O)N[C@@H]1c1cccc(F)c1. The minimum absolute atomic E-state index is 0.0949. The fraction of sp³-hybridized carbons (Fsp3) is 0.273. The van der Waals surface area contributed by atoms with Crippen molar-refractivity contribution in [2.75, 3.05) is 12.4 Å². The molecule has 1 atom stereocenters. The van der Waals surface area contributed by atoms with Gasteiger partial charge in [-0.2, -0.15) is 0 Å². The number of benzene rings is 2. The molecule has 0 spiro atoms. The number of halogens is 1. The van der Waals surface area contributed by atoms with Gasteiger partial charge in [0.2, 0.25) is 0 Å². The van der Waals surface area contributed by atoms with Crippen LogP contribution in [0.5, 0.6) is 5.75 Å². The highest BCUT2D eigenvalue weighted by Gasteiger charge is 2.42. The van der Waals surface area contributed by atoms with Gasteiger partial charge < -0.3 is 15.4 Å². The van der Waals surface area contributed by atoms with Crippen molar-refractivity contribution in [2.24, 2.45) is 0 Å². The highest BCUT2D eigenvalue weighted by atomic mass is 19.1. The number of nitrogens with one attached hydrogen (secondary N) is 2. The van der Waals surface area contributed by atoms with Gasteiger partial charge in [-0.25, -0.2) is 9.18 Å². The van der Waals surface area contributed by atoms with Crippen molar-refractivity contribution < 1.29 is 18.7 Å². The molecule has 1 fully saturated rings. The molecular formula is C22H22FN3O3. The van der Waals surface area contributed by atoms with Crippen molar-refractivity contribution in [3.8, 4) is 5.75 Å². The molecule has 0 unspecified atom stereocenters. The van der Waals surface area contributed by atoms with Gasteiger partial charge in [-0.05, 0) is 49.6 Å². The standard InChI is InChI=1S/C22H22FN3O3/c1-13-19(21(27)24-17-8-3-4-9-18(17)29-2)20(14-6-5-7-15(23)12-14)25-22(28)26(13)16-10-11-16/h3-9,12,16,20H,10-11H2,1-2H3,(H,24,27)(H,25,28)/t20-/m1/s1. The number of nitrogens with zero attached hydrogens (tertiary/aromatic N) is 1. The second-order valence-electron chi connectivity index (χ2n) is 7.19. The zero-order chi connectivity index (χ0) is 20.5. The van der Waals surface area contributed by atoms with E-state index in [9.17, 15) is 14.0 Å². The predicted molar refractivity (Wildman–Crippen MR) is 107 cm³/mol. The fourth-order valence-electron chi connectivity index (χ4n) is 3.70. The van der Waals surface area contributed by atoms with Crippen LogP contribution in [0.2, 0.25) is 0 Å². The first-order chi connectivity index (χ1) is 14.0. The second-order valence-corrected chi connectivity index (χ2v) is 7.19. The average molecular weight is 395 g/mol. The molecule has 4 rings (SSSR count). The van der Waals surface area contributed by atoms with E-state index >= 15 is 0 Å². The largest absolute Gasteiger partial charge is 0.495 e. The molecule has 2 aromatic rings. The van der Waals surface area contributed by atoms with E-state index in [1.54, 1.807) is 42.2 Å². The molecule has 0 saturated heterocycles. The van der Waals surface area contributed by atoms with Crippen LogP contribution >= 0.6 is 0 Å². The fourth-order valence-corrected chi connectivity index (χ4v) is 3.70. The zero-order valence-electron chi connectivity index (χ0n) is 16.2. The number of amides is 3. The van der Waals surface area contributed by atoms with Gasteiger partial charge >= 0.3 is 6.03 Å². The third-order valence-corrected chi connectivity index (χ3v) is 5.22. The number of anilines is 1. The lowest BCUT2D eigenvalue weighted by atomic mass is 9.94. The number of urea groups is 1. The maximum absolute atomic E-state index is 13.8. The summed E-state index contributed by atoms with van der Waals surface area (Å²) in [5.41, 5.74) is 2.00. The monoisotopic (exact) mass is 395 g/mol. The van der Waals surface area contributed by atoms with E-state index in [4.69, 9.17) is 4.74 Å². The maximum atomic E-state index is 13.8. The lowest BCUT2D eigenvalue weighted by molar-refractivity contribution is -0.113. The zero-order valence-corrected chi connectivity index (χ0v) is 16.2. The van der Waals surface area contributed by atoms with Crippen LogP contribution in [-0.2, 0) is 4.79 Å². The van der Waals surface area contributed by atoms with Gasteiger partial charge in [0.25, 0.3) is 5.91 Å². The summed E-state index contributed by atoms with van der Waals surface area (Å²) in [5, 5.41) is 5.75. The Morgan fingerprint density at radius 2 is 1.97 bits per heavy atom. The highest BCUT2D eigenvalue weighted by molar-refractivity contribution is 6.07. The molecule has 3 amide bonds. The lowest BCUT2D eigenvalue weighted by Gasteiger charge is -2.36. The molecule has 1 aliphatic heterocycles. The molecule has 150 valence electrons. The Labute approximate surface area is 168 Å². The number of hydrogen-bond acceptors (Lipinski definition) is 3. The minimum atomic E-state index is -0.747. The molecule has 2 aromatic carbocycles. The van der Waals surface area contributed by atoms with Crippen LogP contribution < -0.4 is 15.4 Å². The Morgan fingerprint density at radius 1 is 1.21 bits per heavy atom. The van der Waals surface area contributed by atoms with Gasteiger partial charge in [0, 0.05) is 11.7 Å². The third-order valence-electron chi connectivity index (χ3n) is 5.22. The normalized spacial score (nSPS) is 19.1. The molecule has 2 N–H and O–H groups in total. The number of ether oxygens (including phenoxy) is 1. The molecule has 1 saturated carbocycles. The summed E-state index contributed by atoms with van der Waals surface area (Å²) >= 11 is 0. The van der Waals surface area contributed by atoms with Crippen molar-refractivity contribution in [1.29, 1.82) is 0 Å². The Hall–Kier alpha value is -3.35. The van der Waals surface area contributed by atoms with Gasteiger partial charge in [0.05, 0.1) is 24.4 Å². The van der Waals surface area contributed by atoms with Gasteiger partial charge in [-0.1, -0.05) is 24.3 Å². The number of carbonyl (C=O) groups excluding carboxylic acids is 2. The van der Waals surface area contributed by atoms with Crippen molar-refractivity contribution in [1.82, 2.24) is 10.2 Å². The van der Waals surface area contributed by atoms with E-state index in [-0.39, 0.29) is 18.0 Å². The van der Waals surface area contributed by atoms with Crippen LogP contribution in [0, 0.1) is 5.82 Å². The van der Waals surface area contributed by atoms with E-state index < -0.39 is 11.9 Å². The van der Waals surface area contributed by atoms with E-state index in [2.05, 4.69) is 10.6 Å². The topological polar surface area (TPSA) is 70.7 Å². The minimum Gasteiger partial charge on any atom is -0.495 e. The molecule has 6 nitrogen and oxygen atoms in total. The number of allylic oxidation sites excluding steroid dienone is 1. The number of carbonyl (C=O) groups is 2. The molecule has 7 heteroatoms. The van der Waals surface area contributed by atoms with E-state index in [1.165, 1.54) is 19.2 Å². The van der Waals surface area contributed by atoms with Crippen LogP contribution in [-0.4, -0.2) is 30.0 Å². The first kappa shape index (κ1) is 19.0. The Morgan fingerprint density at radius 3 is 2.66 bits per heavy atom. The number of rotatable bonds is 5. The van der Waals surface area contributed by atoms with Crippen molar-refractivity contribution in [3.63, 3.8) is 0 Å². The van der Waals surface area contributed by atoms with Gasteiger partial charge in [-0.3, -0.25) is 9.69 Å². The molecular weight excluding hydrogens is 373 g/mol. The Bertz CT molecular complexity index is 1000. The van der Waals surface area contributed by atoms with E-state index in [1.807, 2.05) is 6.07 Å². The first-order valence-corrected chi connectivity index (χ1v) is 9.50. The molecule has 0 radical (unpaired) electrons. The molecule has 29 heavy (non-hydrogen) atoms. The molecule has 0 bridgehead atoms. The molecule has 0 aromatic heterocycles. The highest BCUT2D eigenvalue weighted by Crippen LogP contribution is 2.38. The summed E-state index contributed by atoms with van der Waals surface area (Å²) in [6, 6.07) is 12.1. The molecule has 2 aliphatic rings. The van der Waals surface area contributed by atoms with Crippen LogP contribution in [0.25, 0.3) is 0 Å². The number of methoxy groups -OCH3 is 1. The van der Waals surface area contributed by atoms with Crippen molar-refractivity contribution >= 4 is 17.6 Å². The van der Waals surface area contributed by atoms with Crippen molar-refractivity contribution in [2.45, 2.75) is 31.8 Å². The quantitative estimate of drug-likeness (QED) is 0.805. The molecule has 1 heterocycles. The van der Waals surface area contributed by atoms with Gasteiger partial charge in [0.15, 0.2) is 0 Å². The summed E-state index contributed by atoms with van der Waals surface area (Å²) < 4.78 is 19.2. The van der Waals surface area contributed by atoms with E-state index in [0.717, 1.165) is 12.8 Å². The predicted octanol–water partition coefficient (Wildman–Crippen LogP) is 3.98. The summed E-state index contributed by atoms with van der Waals surface area (Å²) in [6.45, 7) is 1.76. The summed E-state index contributed by atoms with van der Waals surface area (Å²) in [5.74, 6) is -0.268. The summed E-state index contributed by atoms with van der Waals surface area (Å²) in [4.78, 5) is 27.7. The Kier molecular flexibility index (Phi) is 4.96. The smallest absolute Gasteiger partial charge is 0.322 e. The number of para-hydroxylation sites is 2. The van der Waals surface area contributed by atoms with Crippen LogP contribution in [0.1, 0.15) is 31.4 Å². The van der Waals surface area contributed by atoms with Crippen molar-refractivity contribution in [3.05, 3.63) is 71.2 Å². The van der Waals surface area contributed by atoms with Crippen LogP contribution in [0.4, 0.5) is 14.9 Å². The second kappa shape index (κ2) is 7.58. The lowest BCUT2D eigenvalue weighted by Crippen LogP contribution is -2.49. The summed E-state index contributed by atoms with van der Waals surface area (Å²) in [7, 11) is 1.53. The van der Waals surface area contributed by atoms with Crippen LogP contribution in [0.15, 0.2) is 59.8 Å². The number of hydrogen-bond donors (Lipinski definition) is 2. The maximum Gasteiger partial charge on any atom is 0.322 e. The Balaban J connectivity index is 1.75. The average Bonchev–Trinajstić information content (AvgIpc) is 3.53. The van der Waals surface area contributed by atoms with Crippen LogP contribution in [0.3, 0.4) is 0 Å². The first-order valence-electron chi connectivity index (χ1n) is 9.50. The van der Waals surface area contributed by atoms with E-state index in [0.29, 0.717) is 28.3 Å².